The molecule has 1 heterocycles. The van der Waals surface area contributed by atoms with Crippen LogP contribution in [0.5, 0.6) is 0 Å². The van der Waals surface area contributed by atoms with Crippen LogP contribution in [-0.4, -0.2) is 12.6 Å². The van der Waals surface area contributed by atoms with E-state index in [0.717, 1.165) is 23.9 Å². The van der Waals surface area contributed by atoms with Crippen molar-refractivity contribution in [2.45, 2.75) is 24.9 Å². The second kappa shape index (κ2) is 4.43. The van der Waals surface area contributed by atoms with Crippen molar-refractivity contribution in [3.63, 3.8) is 0 Å². The molecule has 1 aromatic carbocycles. The van der Waals surface area contributed by atoms with Crippen LogP contribution in [0.3, 0.4) is 0 Å². The van der Waals surface area contributed by atoms with Crippen LogP contribution in [0.1, 0.15) is 24.4 Å². The monoisotopic (exact) mass is 254 g/mol. The lowest BCUT2D eigenvalue weighted by atomic mass is 9.94. The van der Waals surface area contributed by atoms with E-state index in [0.29, 0.717) is 12.1 Å². The molecule has 1 aliphatic rings. The summed E-state index contributed by atoms with van der Waals surface area (Å²) in [6.45, 7) is 1.03. The Hall–Kier alpha value is -0.380. The van der Waals surface area contributed by atoms with Gasteiger partial charge in [-0.05, 0) is 37.1 Å². The largest absolute Gasteiger partial charge is 0.328 e. The van der Waals surface area contributed by atoms with E-state index in [4.69, 9.17) is 5.73 Å². The molecule has 2 rings (SSSR count). The van der Waals surface area contributed by atoms with Gasteiger partial charge in [-0.1, -0.05) is 28.1 Å². The molecule has 1 fully saturated rings. The van der Waals surface area contributed by atoms with Gasteiger partial charge in [-0.25, -0.2) is 0 Å². The van der Waals surface area contributed by atoms with Crippen molar-refractivity contribution in [3.05, 3.63) is 34.3 Å². The molecule has 3 N–H and O–H groups in total. The van der Waals surface area contributed by atoms with Crippen LogP contribution in [0, 0.1) is 0 Å². The zero-order valence-corrected chi connectivity index (χ0v) is 9.63. The molecule has 0 radical (unpaired) electrons. The van der Waals surface area contributed by atoms with E-state index in [-0.39, 0.29) is 0 Å². The molecule has 1 saturated heterocycles. The van der Waals surface area contributed by atoms with Gasteiger partial charge in [0.2, 0.25) is 0 Å². The van der Waals surface area contributed by atoms with E-state index < -0.39 is 0 Å². The van der Waals surface area contributed by atoms with Crippen molar-refractivity contribution in [2.24, 2.45) is 5.73 Å². The quantitative estimate of drug-likeness (QED) is 0.807. The van der Waals surface area contributed by atoms with Gasteiger partial charge in [0.1, 0.15) is 0 Å². The SMILES string of the molecule is NC1CCNC(c2cccc(Br)c2)C1. The highest BCUT2D eigenvalue weighted by molar-refractivity contribution is 9.10. The third-order valence-corrected chi connectivity index (χ3v) is 3.19. The summed E-state index contributed by atoms with van der Waals surface area (Å²) < 4.78 is 1.14. The lowest BCUT2D eigenvalue weighted by Gasteiger charge is -2.28. The first kappa shape index (κ1) is 10.1. The van der Waals surface area contributed by atoms with Gasteiger partial charge >= 0.3 is 0 Å². The van der Waals surface area contributed by atoms with E-state index >= 15 is 0 Å². The van der Waals surface area contributed by atoms with Crippen molar-refractivity contribution in [1.82, 2.24) is 5.32 Å². The first-order chi connectivity index (χ1) is 6.75. The molecule has 76 valence electrons. The van der Waals surface area contributed by atoms with Gasteiger partial charge in [0, 0.05) is 16.6 Å². The maximum atomic E-state index is 5.95. The minimum absolute atomic E-state index is 0.347. The smallest absolute Gasteiger partial charge is 0.0335 e. The summed E-state index contributed by atoms with van der Waals surface area (Å²) in [5, 5.41) is 3.49. The Morgan fingerprint density at radius 2 is 2.29 bits per heavy atom. The molecule has 0 aliphatic carbocycles. The van der Waals surface area contributed by atoms with Crippen LogP contribution >= 0.6 is 15.9 Å². The molecule has 3 heteroatoms. The fraction of sp³-hybridized carbons (Fsp3) is 0.455. The van der Waals surface area contributed by atoms with Gasteiger partial charge < -0.3 is 11.1 Å². The van der Waals surface area contributed by atoms with Gasteiger partial charge in [-0.15, -0.1) is 0 Å². The molecular weight excluding hydrogens is 240 g/mol. The van der Waals surface area contributed by atoms with Gasteiger partial charge in [0.25, 0.3) is 0 Å². The number of benzene rings is 1. The molecule has 2 unspecified atom stereocenters. The van der Waals surface area contributed by atoms with E-state index in [9.17, 15) is 0 Å². The first-order valence-corrected chi connectivity index (χ1v) is 5.79. The van der Waals surface area contributed by atoms with Gasteiger partial charge in [0.05, 0.1) is 0 Å². The molecule has 0 bridgehead atoms. The van der Waals surface area contributed by atoms with E-state index in [2.05, 4.69) is 39.4 Å². The summed E-state index contributed by atoms with van der Waals surface area (Å²) in [5.74, 6) is 0. The molecule has 2 nitrogen and oxygen atoms in total. The Bertz CT molecular complexity index is 314. The van der Waals surface area contributed by atoms with Crippen molar-refractivity contribution < 1.29 is 0 Å². The summed E-state index contributed by atoms with van der Waals surface area (Å²) in [5.41, 5.74) is 7.28. The van der Waals surface area contributed by atoms with E-state index in [1.54, 1.807) is 0 Å². The minimum atomic E-state index is 0.347. The van der Waals surface area contributed by atoms with Crippen molar-refractivity contribution in [3.8, 4) is 0 Å². The molecule has 0 spiro atoms. The fourth-order valence-electron chi connectivity index (χ4n) is 1.92. The molecule has 0 aromatic heterocycles. The average Bonchev–Trinajstić information content (AvgIpc) is 2.18. The summed E-state index contributed by atoms with van der Waals surface area (Å²) >= 11 is 3.48. The predicted molar refractivity (Wildman–Crippen MR) is 62.1 cm³/mol. The Morgan fingerprint density at radius 1 is 1.43 bits per heavy atom. The second-order valence-electron chi connectivity index (χ2n) is 3.85. The summed E-state index contributed by atoms with van der Waals surface area (Å²) in [4.78, 5) is 0. The Kier molecular flexibility index (Phi) is 3.21. The van der Waals surface area contributed by atoms with Crippen molar-refractivity contribution in [2.75, 3.05) is 6.54 Å². The van der Waals surface area contributed by atoms with Crippen LogP contribution in [0.15, 0.2) is 28.7 Å². The third-order valence-electron chi connectivity index (χ3n) is 2.70. The van der Waals surface area contributed by atoms with Crippen LogP contribution in [0.2, 0.25) is 0 Å². The number of nitrogens with two attached hydrogens (primary N) is 1. The normalized spacial score (nSPS) is 27.6. The molecule has 0 saturated carbocycles. The van der Waals surface area contributed by atoms with E-state index in [1.807, 2.05) is 6.07 Å². The molecule has 14 heavy (non-hydrogen) atoms. The Balaban J connectivity index is 2.14. The fourth-order valence-corrected chi connectivity index (χ4v) is 2.34. The lowest BCUT2D eigenvalue weighted by Crippen LogP contribution is -2.38. The molecule has 1 aromatic rings. The Labute approximate surface area is 93.0 Å². The number of piperidine rings is 1. The number of rotatable bonds is 1. The molecule has 1 aliphatic heterocycles. The van der Waals surface area contributed by atoms with Crippen molar-refractivity contribution in [1.29, 1.82) is 0 Å². The van der Waals surface area contributed by atoms with Crippen LogP contribution in [0.4, 0.5) is 0 Å². The summed E-state index contributed by atoms with van der Waals surface area (Å²) in [7, 11) is 0. The highest BCUT2D eigenvalue weighted by Crippen LogP contribution is 2.24. The number of nitrogens with one attached hydrogen (secondary N) is 1. The third kappa shape index (κ3) is 2.35. The first-order valence-electron chi connectivity index (χ1n) is 5.00. The number of hydrogen-bond donors (Lipinski definition) is 2. The van der Waals surface area contributed by atoms with Gasteiger partial charge in [-0.3, -0.25) is 0 Å². The zero-order chi connectivity index (χ0) is 9.97. The van der Waals surface area contributed by atoms with Gasteiger partial charge in [-0.2, -0.15) is 0 Å². The molecule has 0 amide bonds. The van der Waals surface area contributed by atoms with E-state index in [1.165, 1.54) is 5.56 Å². The van der Waals surface area contributed by atoms with Crippen LogP contribution in [0.25, 0.3) is 0 Å². The Morgan fingerprint density at radius 3 is 3.00 bits per heavy atom. The summed E-state index contributed by atoms with van der Waals surface area (Å²) in [6, 6.07) is 9.21. The standard InChI is InChI=1S/C11H15BrN2/c12-9-3-1-2-8(6-9)11-7-10(13)4-5-14-11/h1-3,6,10-11,14H,4-5,7,13H2. The molecule has 2 atom stereocenters. The topological polar surface area (TPSA) is 38.0 Å². The van der Waals surface area contributed by atoms with Crippen molar-refractivity contribution >= 4 is 15.9 Å². The number of hydrogen-bond acceptors (Lipinski definition) is 2. The highest BCUT2D eigenvalue weighted by atomic mass is 79.9. The van der Waals surface area contributed by atoms with Crippen LogP contribution < -0.4 is 11.1 Å². The minimum Gasteiger partial charge on any atom is -0.328 e. The highest BCUT2D eigenvalue weighted by Gasteiger charge is 2.19. The molecular formula is C11H15BrN2. The number of halogens is 1. The van der Waals surface area contributed by atoms with Crippen LogP contribution in [-0.2, 0) is 0 Å². The second-order valence-corrected chi connectivity index (χ2v) is 4.76. The van der Waals surface area contributed by atoms with Gasteiger partial charge in [0.15, 0.2) is 0 Å². The zero-order valence-electron chi connectivity index (χ0n) is 8.04. The lowest BCUT2D eigenvalue weighted by molar-refractivity contribution is 0.369. The summed E-state index contributed by atoms with van der Waals surface area (Å²) in [6.07, 6.45) is 2.13. The maximum absolute atomic E-state index is 5.95. The maximum Gasteiger partial charge on any atom is 0.0335 e. The average molecular weight is 255 g/mol. The predicted octanol–water partition coefficient (Wildman–Crippen LogP) is 2.20.